The third-order valence-corrected chi connectivity index (χ3v) is 12.9. The van der Waals surface area contributed by atoms with Crippen LogP contribution < -0.4 is 9.47 Å². The Morgan fingerprint density at radius 1 is 0.892 bits per heavy atom. The molecule has 0 aliphatic heterocycles. The maximum absolute atomic E-state index is 17.8. The number of hydrogen-bond donors (Lipinski definition) is 8. The fourth-order valence-electron chi connectivity index (χ4n) is 9.95. The average molecular weight is 932 g/mol. The number of methoxy groups -OCH3 is 1. The third kappa shape index (κ3) is 10.8. The Bertz CT molecular complexity index is 1970. The van der Waals surface area contributed by atoms with E-state index >= 15 is 4.39 Å². The van der Waals surface area contributed by atoms with Gasteiger partial charge in [-0.05, 0) is 94.6 Å². The highest BCUT2D eigenvalue weighted by Gasteiger charge is 2.78. The van der Waals surface area contributed by atoms with Gasteiger partial charge in [-0.3, -0.25) is 50.5 Å². The van der Waals surface area contributed by atoms with E-state index in [9.17, 15) is 34.2 Å². The molecule has 0 spiro atoms. The fraction of sp³-hybridized carbons (Fsp3) is 0.625. The Morgan fingerprint density at radius 3 is 2.29 bits per heavy atom. The zero-order valence-corrected chi connectivity index (χ0v) is 35.6. The van der Waals surface area contributed by atoms with E-state index in [0.29, 0.717) is 12.0 Å². The summed E-state index contributed by atoms with van der Waals surface area (Å²) in [4.78, 5) is 79.6. The van der Waals surface area contributed by atoms with Gasteiger partial charge in [0.15, 0.2) is 29.6 Å². The summed E-state index contributed by atoms with van der Waals surface area (Å²) in [5.41, 5.74) is -7.52. The van der Waals surface area contributed by atoms with Crippen LogP contribution in [-0.2, 0) is 43.1 Å². The molecule has 0 radical (unpaired) electrons. The highest BCUT2D eigenvalue weighted by molar-refractivity contribution is 6.01. The number of halogens is 1. The fourth-order valence-corrected chi connectivity index (χ4v) is 9.95. The summed E-state index contributed by atoms with van der Waals surface area (Å²) >= 11 is 0. The number of carbonyl (C=O) groups is 5. The van der Waals surface area contributed by atoms with Gasteiger partial charge in [0.25, 0.3) is 0 Å². The first-order chi connectivity index (χ1) is 30.6. The summed E-state index contributed by atoms with van der Waals surface area (Å²) in [5, 5.41) is 74.8. The maximum atomic E-state index is 17.8. The molecule has 4 aliphatic rings. The van der Waals surface area contributed by atoms with Gasteiger partial charge < -0.3 is 33.9 Å². The van der Waals surface area contributed by atoms with E-state index in [2.05, 4.69) is 14.5 Å². The minimum Gasteiger partial charge on any atom is -0.493 e. The van der Waals surface area contributed by atoms with Crippen molar-refractivity contribution in [2.75, 3.05) is 33.5 Å². The smallest absolute Gasteiger partial charge is 0.493 e. The molecule has 1 aromatic rings. The number of esters is 2. The van der Waals surface area contributed by atoms with E-state index in [1.165, 1.54) is 50.5 Å². The first kappa shape index (κ1) is 51.4. The number of benzene rings is 1. The van der Waals surface area contributed by atoms with Crippen LogP contribution in [0, 0.1) is 22.7 Å². The lowest BCUT2D eigenvalue weighted by Crippen LogP contribution is -2.70. The van der Waals surface area contributed by atoms with Crippen molar-refractivity contribution in [2.24, 2.45) is 22.7 Å². The largest absolute Gasteiger partial charge is 0.514 e. The van der Waals surface area contributed by atoms with Crippen LogP contribution in [0.1, 0.15) is 82.0 Å². The number of unbranched alkanes of at least 4 members (excludes halogenated alkanes) is 1. The second-order valence-electron chi connectivity index (χ2n) is 16.5. The highest BCUT2D eigenvalue weighted by Crippen LogP contribution is 2.70. The lowest BCUT2D eigenvalue weighted by atomic mass is 9.44. The Morgan fingerprint density at radius 2 is 1.62 bits per heavy atom. The Hall–Kier alpha value is -4.58. The van der Waals surface area contributed by atoms with Crippen molar-refractivity contribution in [1.29, 1.82) is 0 Å². The number of aliphatic hydroxyl groups is 2. The summed E-state index contributed by atoms with van der Waals surface area (Å²) in [6.45, 7) is 0.942. The van der Waals surface area contributed by atoms with Gasteiger partial charge in [0.1, 0.15) is 18.8 Å². The molecule has 0 heterocycles. The number of aliphatic hydroxyl groups excluding tert-OH is 2. The Kier molecular flexibility index (Phi) is 16.9. The molecule has 0 amide bonds. The van der Waals surface area contributed by atoms with Crippen molar-refractivity contribution in [3.8, 4) is 11.5 Å². The topological polar surface area (TPSA) is 331 Å². The number of nitrogens with zero attached hydrogens (tertiary/aromatic N) is 3. The van der Waals surface area contributed by atoms with E-state index in [-0.39, 0.29) is 74.6 Å². The summed E-state index contributed by atoms with van der Waals surface area (Å²) in [7, 11) is 1.20. The summed E-state index contributed by atoms with van der Waals surface area (Å²) < 4.78 is 44.7. The van der Waals surface area contributed by atoms with Crippen LogP contribution in [0.3, 0.4) is 0 Å². The standard InChI is InChI=1S/C40H54FN3O21/c1-37-14-13-25(45)18-24(37)10-11-27-28-19-31(46)40(38(28,2)20-32(47)39(27,37)41,64-34(49)8-6-16-61-42(52)53)33(48)22-60-36(51)63-29-12-9-23(17-30(29)58-3)35(50)59-15-5-4-7-26(65-44(56)57)21-62-43(54)55/h9,12-14,17-18,26-28,31-32,46-47,52-57H,4-8,10-11,15-16,19-22H2,1-3H3/t26?,27?,28?,31-,32+,37+,38+,39+,40+/m1/s1. The predicted octanol–water partition coefficient (Wildman–Crippen LogP) is 2.92. The van der Waals surface area contributed by atoms with Gasteiger partial charge in [0.2, 0.25) is 11.4 Å². The molecule has 1 aromatic carbocycles. The van der Waals surface area contributed by atoms with Crippen molar-refractivity contribution in [1.82, 2.24) is 16.2 Å². The van der Waals surface area contributed by atoms with E-state index in [4.69, 9.17) is 54.9 Å². The van der Waals surface area contributed by atoms with Gasteiger partial charge in [-0.1, -0.05) is 18.6 Å². The zero-order chi connectivity index (χ0) is 47.9. The molecule has 0 aromatic heterocycles. The monoisotopic (exact) mass is 931 g/mol. The number of ketones is 2. The predicted molar refractivity (Wildman–Crippen MR) is 205 cm³/mol. The molecule has 362 valence electrons. The van der Waals surface area contributed by atoms with Crippen LogP contribution in [0.2, 0.25) is 0 Å². The van der Waals surface area contributed by atoms with Crippen molar-refractivity contribution in [3.63, 3.8) is 0 Å². The lowest BCUT2D eigenvalue weighted by molar-refractivity contribution is -0.527. The minimum atomic E-state index is -2.51. The normalized spacial score (nSPS) is 29.7. The van der Waals surface area contributed by atoms with Crippen LogP contribution in [-0.4, -0.2) is 150 Å². The summed E-state index contributed by atoms with van der Waals surface area (Å²) in [5.74, 6) is -5.64. The molecule has 3 unspecified atom stereocenters. The number of Topliss-reactive ketones (excluding diaryl/α,β-unsaturated/α-hetero) is 1. The van der Waals surface area contributed by atoms with Crippen LogP contribution in [0.25, 0.3) is 0 Å². The van der Waals surface area contributed by atoms with Gasteiger partial charge in [-0.25, -0.2) is 23.7 Å². The summed E-state index contributed by atoms with van der Waals surface area (Å²) in [6.07, 6.45) is -2.46. The van der Waals surface area contributed by atoms with Gasteiger partial charge in [-0.15, -0.1) is 0 Å². The second kappa shape index (κ2) is 21.4. The van der Waals surface area contributed by atoms with Crippen LogP contribution in [0.4, 0.5) is 9.18 Å². The molecule has 3 saturated carbocycles. The number of alkyl halides is 1. The lowest BCUT2D eigenvalue weighted by Gasteiger charge is -2.62. The van der Waals surface area contributed by atoms with Crippen molar-refractivity contribution in [2.45, 2.75) is 101 Å². The first-order valence-electron chi connectivity index (χ1n) is 20.5. The van der Waals surface area contributed by atoms with Crippen LogP contribution in [0.15, 0.2) is 42.0 Å². The van der Waals surface area contributed by atoms with Crippen LogP contribution >= 0.6 is 0 Å². The molecule has 0 bridgehead atoms. The number of hydrogen-bond acceptors (Lipinski definition) is 24. The van der Waals surface area contributed by atoms with Crippen molar-refractivity contribution in [3.05, 3.63) is 47.6 Å². The number of fused-ring (bicyclic) bond motifs is 5. The van der Waals surface area contributed by atoms with Crippen molar-refractivity contribution < 1.29 is 108 Å². The number of ether oxygens (including phenoxy) is 5. The molecule has 4 aliphatic carbocycles. The Balaban J connectivity index is 1.27. The molecule has 65 heavy (non-hydrogen) atoms. The van der Waals surface area contributed by atoms with Gasteiger partial charge in [0, 0.05) is 23.2 Å². The van der Waals surface area contributed by atoms with Gasteiger partial charge in [-0.2, -0.15) is 0 Å². The van der Waals surface area contributed by atoms with E-state index in [1.807, 2.05) is 0 Å². The van der Waals surface area contributed by atoms with Crippen LogP contribution in [0.5, 0.6) is 11.5 Å². The van der Waals surface area contributed by atoms with E-state index < -0.39 is 118 Å². The molecule has 24 nitrogen and oxygen atoms in total. The average Bonchev–Trinajstić information content (AvgIpc) is 3.45. The molecule has 0 saturated heterocycles. The summed E-state index contributed by atoms with van der Waals surface area (Å²) in [6, 6.07) is 3.58. The molecular formula is C40H54FN3O21. The molecule has 25 heteroatoms. The Labute approximate surface area is 370 Å². The van der Waals surface area contributed by atoms with Gasteiger partial charge >= 0.3 is 18.1 Å². The third-order valence-electron chi connectivity index (χ3n) is 12.9. The number of allylic oxidation sites excluding steroid dienone is 4. The van der Waals surface area contributed by atoms with E-state index in [1.54, 1.807) is 6.92 Å². The molecule has 8 N–H and O–H groups in total. The molecule has 3 fully saturated rings. The SMILES string of the molecule is COc1cc(C(=O)OCCCCC(CON(O)O)ON(O)O)ccc1OC(=O)OCC(=O)[C@@]1(OC(=O)CCCON(O)O)[C@H](O)CC2C3CCC4=CC(=O)C=C[C@]4(C)[C@@]3(F)[C@@H](O)C[C@@]21C. The first-order valence-corrected chi connectivity index (χ1v) is 20.5. The minimum absolute atomic E-state index is 0.0351. The maximum Gasteiger partial charge on any atom is 0.514 e. The zero-order valence-electron chi connectivity index (χ0n) is 35.6. The second-order valence-corrected chi connectivity index (χ2v) is 16.5. The quantitative estimate of drug-likeness (QED) is 0.0272. The number of rotatable bonds is 22. The highest BCUT2D eigenvalue weighted by atomic mass is 19.1. The van der Waals surface area contributed by atoms with E-state index in [0.717, 1.165) is 0 Å². The molecule has 5 rings (SSSR count). The van der Waals surface area contributed by atoms with Crippen molar-refractivity contribution >= 4 is 29.7 Å². The number of carbonyl (C=O) groups excluding carboxylic acids is 5. The van der Waals surface area contributed by atoms with Gasteiger partial charge in [0.05, 0.1) is 48.2 Å². The molecule has 9 atom stereocenters. The molecular weight excluding hydrogens is 877 g/mol.